The zero-order valence-electron chi connectivity index (χ0n) is 15.0. The predicted molar refractivity (Wildman–Crippen MR) is 98.0 cm³/mol. The van der Waals surface area contributed by atoms with E-state index in [9.17, 15) is 4.79 Å². The number of ether oxygens (including phenoxy) is 1. The first kappa shape index (κ1) is 18.1. The predicted octanol–water partition coefficient (Wildman–Crippen LogP) is 4.67. The fraction of sp³-hybridized carbons (Fsp3) is 0.381. The number of hydrogen-bond donors (Lipinski definition) is 1. The summed E-state index contributed by atoms with van der Waals surface area (Å²) in [6.45, 7) is 8.12. The molecule has 2 aromatic carbocycles. The van der Waals surface area contributed by atoms with Gasteiger partial charge in [-0.2, -0.15) is 0 Å². The minimum Gasteiger partial charge on any atom is -0.481 e. The van der Waals surface area contributed by atoms with Gasteiger partial charge in [0.15, 0.2) is 6.10 Å². The van der Waals surface area contributed by atoms with Crippen LogP contribution in [0.25, 0.3) is 0 Å². The first-order valence-corrected chi connectivity index (χ1v) is 8.54. The van der Waals surface area contributed by atoms with Crippen LogP contribution in [0, 0.1) is 12.8 Å². The van der Waals surface area contributed by atoms with Crippen LogP contribution in [-0.2, 0) is 4.79 Å². The van der Waals surface area contributed by atoms with Crippen molar-refractivity contribution in [3.63, 3.8) is 0 Å². The Morgan fingerprint density at radius 1 is 1.04 bits per heavy atom. The van der Waals surface area contributed by atoms with Crippen LogP contribution in [0.1, 0.15) is 44.4 Å². The molecule has 0 saturated heterocycles. The van der Waals surface area contributed by atoms with Crippen LogP contribution in [-0.4, -0.2) is 12.0 Å². The van der Waals surface area contributed by atoms with E-state index < -0.39 is 6.10 Å². The third-order valence-corrected chi connectivity index (χ3v) is 3.90. The molecule has 0 heterocycles. The Bertz CT molecular complexity index is 652. The second kappa shape index (κ2) is 8.53. The Kier molecular flexibility index (Phi) is 6.42. The van der Waals surface area contributed by atoms with Crippen molar-refractivity contribution in [2.75, 3.05) is 0 Å². The van der Waals surface area contributed by atoms with Gasteiger partial charge in [-0.3, -0.25) is 4.79 Å². The molecule has 0 aliphatic rings. The first-order valence-electron chi connectivity index (χ1n) is 8.54. The van der Waals surface area contributed by atoms with E-state index in [2.05, 4.69) is 31.3 Å². The van der Waals surface area contributed by atoms with Crippen LogP contribution in [0.3, 0.4) is 0 Å². The highest BCUT2D eigenvalue weighted by Gasteiger charge is 2.21. The zero-order valence-corrected chi connectivity index (χ0v) is 15.0. The van der Waals surface area contributed by atoms with E-state index in [0.717, 1.165) is 23.3 Å². The Balaban J connectivity index is 2.03. The van der Waals surface area contributed by atoms with Crippen LogP contribution in [0.2, 0.25) is 0 Å². The lowest BCUT2D eigenvalue weighted by Gasteiger charge is -2.23. The Morgan fingerprint density at radius 2 is 1.75 bits per heavy atom. The van der Waals surface area contributed by atoms with Crippen molar-refractivity contribution in [1.82, 2.24) is 5.32 Å². The minimum atomic E-state index is -0.537. The Morgan fingerprint density at radius 3 is 2.38 bits per heavy atom. The Hall–Kier alpha value is -2.29. The summed E-state index contributed by atoms with van der Waals surface area (Å²) in [4.78, 5) is 12.6. The summed E-state index contributed by atoms with van der Waals surface area (Å²) in [7, 11) is 0. The van der Waals surface area contributed by atoms with E-state index in [-0.39, 0.29) is 11.9 Å². The first-order chi connectivity index (χ1) is 11.5. The molecule has 0 aromatic heterocycles. The van der Waals surface area contributed by atoms with Gasteiger partial charge in [0.1, 0.15) is 5.75 Å². The van der Waals surface area contributed by atoms with Crippen molar-refractivity contribution >= 4 is 5.91 Å². The lowest BCUT2D eigenvalue weighted by Crippen LogP contribution is -2.39. The number of nitrogens with one attached hydrogen (secondary N) is 1. The van der Waals surface area contributed by atoms with Crippen molar-refractivity contribution in [1.29, 1.82) is 0 Å². The molecular weight excluding hydrogens is 298 g/mol. The van der Waals surface area contributed by atoms with Crippen molar-refractivity contribution < 1.29 is 9.53 Å². The van der Waals surface area contributed by atoms with E-state index in [4.69, 9.17) is 4.74 Å². The average Bonchev–Trinajstić information content (AvgIpc) is 2.54. The van der Waals surface area contributed by atoms with Gasteiger partial charge in [-0.15, -0.1) is 0 Å². The monoisotopic (exact) mass is 325 g/mol. The molecule has 0 fully saturated rings. The van der Waals surface area contributed by atoms with Crippen molar-refractivity contribution in [2.45, 2.75) is 46.3 Å². The van der Waals surface area contributed by atoms with Crippen molar-refractivity contribution in [3.05, 3.63) is 65.7 Å². The molecule has 2 rings (SSSR count). The molecule has 1 amide bonds. The van der Waals surface area contributed by atoms with Gasteiger partial charge in [0.25, 0.3) is 5.91 Å². The highest BCUT2D eigenvalue weighted by atomic mass is 16.5. The van der Waals surface area contributed by atoms with Crippen LogP contribution < -0.4 is 10.1 Å². The second-order valence-electron chi connectivity index (χ2n) is 6.68. The maximum atomic E-state index is 12.6. The van der Waals surface area contributed by atoms with Gasteiger partial charge in [0, 0.05) is 0 Å². The number of amides is 1. The maximum Gasteiger partial charge on any atom is 0.261 e. The van der Waals surface area contributed by atoms with Gasteiger partial charge in [-0.1, -0.05) is 56.3 Å². The molecule has 0 aliphatic heterocycles. The zero-order chi connectivity index (χ0) is 17.5. The smallest absolute Gasteiger partial charge is 0.261 e. The molecule has 0 bridgehead atoms. The highest BCUT2D eigenvalue weighted by Crippen LogP contribution is 2.22. The standard InChI is InChI=1S/C21H27NO2/c1-15(2)13-20(18-10-6-5-7-11-18)22-21(23)17(4)24-19-12-8-9-16(3)14-19/h5-12,14-15,17,20H,13H2,1-4H3,(H,22,23)/t17-,20+/m1/s1. The largest absolute Gasteiger partial charge is 0.481 e. The van der Waals surface area contributed by atoms with E-state index in [1.165, 1.54) is 0 Å². The van der Waals surface area contributed by atoms with Gasteiger partial charge in [0.2, 0.25) is 0 Å². The third-order valence-electron chi connectivity index (χ3n) is 3.90. The van der Waals surface area contributed by atoms with Crippen LogP contribution >= 0.6 is 0 Å². The third kappa shape index (κ3) is 5.41. The lowest BCUT2D eigenvalue weighted by atomic mass is 9.97. The van der Waals surface area contributed by atoms with Crippen molar-refractivity contribution in [2.24, 2.45) is 5.92 Å². The fourth-order valence-electron chi connectivity index (χ4n) is 2.67. The normalized spacial score (nSPS) is 13.4. The summed E-state index contributed by atoms with van der Waals surface area (Å²) < 4.78 is 5.79. The van der Waals surface area contributed by atoms with Crippen LogP contribution in [0.5, 0.6) is 5.75 Å². The van der Waals surface area contributed by atoms with E-state index >= 15 is 0 Å². The fourth-order valence-corrected chi connectivity index (χ4v) is 2.67. The number of rotatable bonds is 7. The average molecular weight is 325 g/mol. The molecule has 0 saturated carbocycles. The summed E-state index contributed by atoms with van der Waals surface area (Å²) in [5.41, 5.74) is 2.24. The van der Waals surface area contributed by atoms with Gasteiger partial charge < -0.3 is 10.1 Å². The number of benzene rings is 2. The molecule has 0 spiro atoms. The summed E-state index contributed by atoms with van der Waals surface area (Å²) >= 11 is 0. The number of carbonyl (C=O) groups excluding carboxylic acids is 1. The molecule has 2 aromatic rings. The van der Waals surface area contributed by atoms with Crippen molar-refractivity contribution in [3.8, 4) is 5.75 Å². The number of hydrogen-bond acceptors (Lipinski definition) is 2. The summed E-state index contributed by atoms with van der Waals surface area (Å²) in [6.07, 6.45) is 0.359. The van der Waals surface area contributed by atoms with E-state index in [0.29, 0.717) is 5.92 Å². The molecule has 3 heteroatoms. The van der Waals surface area contributed by atoms with Gasteiger partial charge in [-0.05, 0) is 49.4 Å². The topological polar surface area (TPSA) is 38.3 Å². The summed E-state index contributed by atoms with van der Waals surface area (Å²) in [5.74, 6) is 1.12. The second-order valence-corrected chi connectivity index (χ2v) is 6.68. The maximum absolute atomic E-state index is 12.6. The molecule has 3 nitrogen and oxygen atoms in total. The van der Waals surface area contributed by atoms with E-state index in [1.807, 2.05) is 49.4 Å². The van der Waals surface area contributed by atoms with Crippen LogP contribution in [0.4, 0.5) is 0 Å². The summed E-state index contributed by atoms with van der Waals surface area (Å²) in [5, 5.41) is 3.14. The highest BCUT2D eigenvalue weighted by molar-refractivity contribution is 5.81. The quantitative estimate of drug-likeness (QED) is 0.803. The minimum absolute atomic E-state index is 0.00209. The molecule has 0 aliphatic carbocycles. The van der Waals surface area contributed by atoms with E-state index in [1.54, 1.807) is 6.92 Å². The van der Waals surface area contributed by atoms with Gasteiger partial charge in [-0.25, -0.2) is 0 Å². The number of aryl methyl sites for hydroxylation is 1. The molecule has 128 valence electrons. The molecule has 0 radical (unpaired) electrons. The van der Waals surface area contributed by atoms with Gasteiger partial charge in [0.05, 0.1) is 6.04 Å². The SMILES string of the molecule is Cc1cccc(O[C@H](C)C(=O)N[C@@H](CC(C)C)c2ccccc2)c1. The summed E-state index contributed by atoms with van der Waals surface area (Å²) in [6, 6.07) is 17.9. The molecule has 1 N–H and O–H groups in total. The molecular formula is C21H27NO2. The Labute approximate surface area is 145 Å². The van der Waals surface area contributed by atoms with Crippen LogP contribution in [0.15, 0.2) is 54.6 Å². The molecule has 0 unspecified atom stereocenters. The number of carbonyl (C=O) groups is 1. The lowest BCUT2D eigenvalue weighted by molar-refractivity contribution is -0.128. The molecule has 24 heavy (non-hydrogen) atoms. The van der Waals surface area contributed by atoms with Gasteiger partial charge >= 0.3 is 0 Å². The molecule has 2 atom stereocenters.